The van der Waals surface area contributed by atoms with E-state index in [0.29, 0.717) is 18.7 Å². The SMILES string of the molecule is CC(C)N(CCO)c1ccc(CN)cc1C#N. The molecule has 0 unspecified atom stereocenters. The molecule has 17 heavy (non-hydrogen) atoms. The summed E-state index contributed by atoms with van der Waals surface area (Å²) in [6.45, 7) is 5.09. The minimum atomic E-state index is 0.0711. The van der Waals surface area contributed by atoms with Gasteiger partial charge in [0.1, 0.15) is 6.07 Å². The molecule has 4 nitrogen and oxygen atoms in total. The van der Waals surface area contributed by atoms with Crippen LogP contribution in [0.15, 0.2) is 18.2 Å². The molecule has 0 radical (unpaired) electrons. The standard InChI is InChI=1S/C13H19N3O/c1-10(2)16(5-6-17)13-4-3-11(8-14)7-12(13)9-15/h3-4,7,10,17H,5-6,8,14H2,1-2H3. The molecule has 0 saturated carbocycles. The second-order valence-electron chi connectivity index (χ2n) is 4.18. The highest BCUT2D eigenvalue weighted by molar-refractivity contribution is 5.61. The van der Waals surface area contributed by atoms with E-state index in [1.165, 1.54) is 0 Å². The average Bonchev–Trinajstić information content (AvgIpc) is 2.35. The number of nitrogens with two attached hydrogens (primary N) is 1. The molecule has 0 bridgehead atoms. The van der Waals surface area contributed by atoms with Gasteiger partial charge in [0.2, 0.25) is 0 Å². The van der Waals surface area contributed by atoms with Crippen molar-refractivity contribution >= 4 is 5.69 Å². The summed E-state index contributed by atoms with van der Waals surface area (Å²) >= 11 is 0. The molecule has 0 aliphatic carbocycles. The van der Waals surface area contributed by atoms with Gasteiger partial charge in [-0.15, -0.1) is 0 Å². The molecule has 0 spiro atoms. The Morgan fingerprint density at radius 3 is 2.65 bits per heavy atom. The van der Waals surface area contributed by atoms with Crippen LogP contribution in [0.3, 0.4) is 0 Å². The molecule has 0 aliphatic rings. The molecule has 0 fully saturated rings. The summed E-state index contributed by atoms with van der Waals surface area (Å²) < 4.78 is 0. The number of aliphatic hydroxyl groups is 1. The van der Waals surface area contributed by atoms with E-state index in [4.69, 9.17) is 16.1 Å². The van der Waals surface area contributed by atoms with Crippen LogP contribution in [0.25, 0.3) is 0 Å². The quantitative estimate of drug-likeness (QED) is 0.802. The maximum Gasteiger partial charge on any atom is 0.101 e. The first kappa shape index (κ1) is 13.5. The summed E-state index contributed by atoms with van der Waals surface area (Å²) in [6.07, 6.45) is 0. The van der Waals surface area contributed by atoms with Crippen LogP contribution >= 0.6 is 0 Å². The molecule has 0 saturated heterocycles. The third-order valence-electron chi connectivity index (χ3n) is 2.69. The first-order valence-corrected chi connectivity index (χ1v) is 5.74. The lowest BCUT2D eigenvalue weighted by Crippen LogP contribution is -2.34. The highest BCUT2D eigenvalue weighted by Gasteiger charge is 2.14. The normalized spacial score (nSPS) is 10.4. The van der Waals surface area contributed by atoms with Crippen molar-refractivity contribution in [2.75, 3.05) is 18.1 Å². The first-order chi connectivity index (χ1) is 8.13. The average molecular weight is 233 g/mol. The van der Waals surface area contributed by atoms with Crippen molar-refractivity contribution in [3.05, 3.63) is 29.3 Å². The van der Waals surface area contributed by atoms with E-state index < -0.39 is 0 Å². The van der Waals surface area contributed by atoms with E-state index in [-0.39, 0.29) is 12.6 Å². The topological polar surface area (TPSA) is 73.3 Å². The van der Waals surface area contributed by atoms with E-state index in [9.17, 15) is 0 Å². The zero-order valence-corrected chi connectivity index (χ0v) is 10.3. The molecule has 4 heteroatoms. The molecule has 0 heterocycles. The number of benzene rings is 1. The molecule has 1 aromatic carbocycles. The van der Waals surface area contributed by atoms with Crippen molar-refractivity contribution in [3.8, 4) is 6.07 Å². The van der Waals surface area contributed by atoms with Crippen molar-refractivity contribution in [2.45, 2.75) is 26.4 Å². The minimum absolute atomic E-state index is 0.0711. The number of rotatable bonds is 5. The summed E-state index contributed by atoms with van der Waals surface area (Å²) in [6, 6.07) is 8.05. The smallest absolute Gasteiger partial charge is 0.101 e. The fraction of sp³-hybridized carbons (Fsp3) is 0.462. The van der Waals surface area contributed by atoms with Gasteiger partial charge in [0, 0.05) is 19.1 Å². The molecule has 1 rings (SSSR count). The van der Waals surface area contributed by atoms with E-state index in [1.807, 2.05) is 36.9 Å². The highest BCUT2D eigenvalue weighted by atomic mass is 16.3. The number of nitrogens with zero attached hydrogens (tertiary/aromatic N) is 2. The van der Waals surface area contributed by atoms with E-state index in [1.54, 1.807) is 0 Å². The lowest BCUT2D eigenvalue weighted by Gasteiger charge is -2.29. The van der Waals surface area contributed by atoms with E-state index >= 15 is 0 Å². The molecule has 1 aromatic rings. The number of hydrogen-bond acceptors (Lipinski definition) is 4. The van der Waals surface area contributed by atoms with Crippen LogP contribution < -0.4 is 10.6 Å². The van der Waals surface area contributed by atoms with Gasteiger partial charge in [-0.05, 0) is 31.5 Å². The molecular weight excluding hydrogens is 214 g/mol. The maximum atomic E-state index is 9.16. The van der Waals surface area contributed by atoms with Crippen LogP contribution in [-0.4, -0.2) is 24.3 Å². The Morgan fingerprint density at radius 1 is 1.47 bits per heavy atom. The number of anilines is 1. The lowest BCUT2D eigenvalue weighted by atomic mass is 10.1. The molecule has 3 N–H and O–H groups in total. The second-order valence-corrected chi connectivity index (χ2v) is 4.18. The van der Waals surface area contributed by atoms with Gasteiger partial charge in [-0.3, -0.25) is 0 Å². The third kappa shape index (κ3) is 3.19. The van der Waals surface area contributed by atoms with Crippen LogP contribution in [0.5, 0.6) is 0 Å². The van der Waals surface area contributed by atoms with Gasteiger partial charge in [-0.1, -0.05) is 6.07 Å². The van der Waals surface area contributed by atoms with Crippen LogP contribution in [0.2, 0.25) is 0 Å². The van der Waals surface area contributed by atoms with Gasteiger partial charge >= 0.3 is 0 Å². The summed E-state index contributed by atoms with van der Waals surface area (Å²) in [4.78, 5) is 2.01. The molecule has 0 amide bonds. The summed E-state index contributed by atoms with van der Waals surface area (Å²) in [5, 5.41) is 18.2. The predicted molar refractivity (Wildman–Crippen MR) is 68.6 cm³/mol. The van der Waals surface area contributed by atoms with Gasteiger partial charge in [0.15, 0.2) is 0 Å². The van der Waals surface area contributed by atoms with Crippen molar-refractivity contribution in [1.82, 2.24) is 0 Å². The van der Waals surface area contributed by atoms with Crippen molar-refractivity contribution in [2.24, 2.45) is 5.73 Å². The molecule has 0 aliphatic heterocycles. The lowest BCUT2D eigenvalue weighted by molar-refractivity contribution is 0.299. The number of nitriles is 1. The first-order valence-electron chi connectivity index (χ1n) is 5.74. The predicted octanol–water partition coefficient (Wildman–Crippen LogP) is 1.22. The van der Waals surface area contributed by atoms with Gasteiger partial charge in [0.25, 0.3) is 0 Å². The summed E-state index contributed by atoms with van der Waals surface area (Å²) in [7, 11) is 0. The zero-order valence-electron chi connectivity index (χ0n) is 10.3. The largest absolute Gasteiger partial charge is 0.395 e. The Hall–Kier alpha value is -1.57. The second kappa shape index (κ2) is 6.24. The Morgan fingerprint density at radius 2 is 2.18 bits per heavy atom. The minimum Gasteiger partial charge on any atom is -0.395 e. The van der Waals surface area contributed by atoms with E-state index in [2.05, 4.69) is 6.07 Å². The Balaban J connectivity index is 3.15. The van der Waals surface area contributed by atoms with Crippen LogP contribution in [0.4, 0.5) is 5.69 Å². The molecule has 0 aromatic heterocycles. The molecular formula is C13H19N3O. The van der Waals surface area contributed by atoms with Gasteiger partial charge in [-0.2, -0.15) is 5.26 Å². The monoisotopic (exact) mass is 233 g/mol. The summed E-state index contributed by atoms with van der Waals surface area (Å²) in [5.41, 5.74) is 7.96. The fourth-order valence-corrected chi connectivity index (χ4v) is 1.81. The Bertz CT molecular complexity index is 410. The van der Waals surface area contributed by atoms with Crippen LogP contribution in [0.1, 0.15) is 25.0 Å². The van der Waals surface area contributed by atoms with Crippen molar-refractivity contribution in [3.63, 3.8) is 0 Å². The van der Waals surface area contributed by atoms with Crippen molar-refractivity contribution in [1.29, 1.82) is 5.26 Å². The zero-order chi connectivity index (χ0) is 12.8. The molecule has 0 atom stereocenters. The van der Waals surface area contributed by atoms with Crippen LogP contribution in [0, 0.1) is 11.3 Å². The Kier molecular flexibility index (Phi) is 4.95. The molecule has 92 valence electrons. The van der Waals surface area contributed by atoms with Gasteiger partial charge in [-0.25, -0.2) is 0 Å². The fourth-order valence-electron chi connectivity index (χ4n) is 1.81. The highest BCUT2D eigenvalue weighted by Crippen LogP contribution is 2.23. The van der Waals surface area contributed by atoms with Crippen LogP contribution in [-0.2, 0) is 6.54 Å². The summed E-state index contributed by atoms with van der Waals surface area (Å²) in [5.74, 6) is 0. The van der Waals surface area contributed by atoms with Crippen molar-refractivity contribution < 1.29 is 5.11 Å². The van der Waals surface area contributed by atoms with E-state index in [0.717, 1.165) is 11.3 Å². The van der Waals surface area contributed by atoms with Gasteiger partial charge < -0.3 is 15.7 Å². The van der Waals surface area contributed by atoms with Gasteiger partial charge in [0.05, 0.1) is 17.9 Å². The Labute approximate surface area is 102 Å². The third-order valence-corrected chi connectivity index (χ3v) is 2.69. The maximum absolute atomic E-state index is 9.16. The number of aliphatic hydroxyl groups excluding tert-OH is 1. The number of hydrogen-bond donors (Lipinski definition) is 2.